The molecular weight excluding hydrogens is 600 g/mol. The van der Waals surface area contributed by atoms with Crippen LogP contribution < -0.4 is 16.7 Å². The van der Waals surface area contributed by atoms with Gasteiger partial charge in [0.2, 0.25) is 5.96 Å². The van der Waals surface area contributed by atoms with Crippen molar-refractivity contribution < 1.29 is 4.79 Å². The summed E-state index contributed by atoms with van der Waals surface area (Å²) in [5, 5.41) is 3.13. The van der Waals surface area contributed by atoms with Gasteiger partial charge in [-0.15, -0.1) is 0 Å². The van der Waals surface area contributed by atoms with E-state index in [2.05, 4.69) is 28.4 Å². The van der Waals surface area contributed by atoms with Crippen LogP contribution in [0.2, 0.25) is 0 Å². The Morgan fingerprint density at radius 2 is 1.40 bits per heavy atom. The SMILES string of the molecule is O=C(NC1=N[C@@]2(C=C3CCCCC3n3c(=O)n(-c4ccccc4)c(=O)n32)[C@H](Cc2ccccc2)N1Cc1ccccc1)c1ccccc1. The molecule has 48 heavy (non-hydrogen) atoms. The van der Waals surface area contributed by atoms with Crippen molar-refractivity contribution in [2.45, 2.75) is 56.4 Å². The Kier molecular flexibility index (Phi) is 7.51. The second-order valence-electron chi connectivity index (χ2n) is 12.7. The monoisotopic (exact) mass is 636 g/mol. The van der Waals surface area contributed by atoms with Crippen molar-refractivity contribution in [3.8, 4) is 5.69 Å². The molecular formula is C39H36N6O3. The van der Waals surface area contributed by atoms with E-state index >= 15 is 0 Å². The third kappa shape index (κ3) is 5.02. The van der Waals surface area contributed by atoms with Crippen molar-refractivity contribution in [3.05, 3.63) is 171 Å². The van der Waals surface area contributed by atoms with Gasteiger partial charge in [0, 0.05) is 12.1 Å². The van der Waals surface area contributed by atoms with Crippen LogP contribution in [0.25, 0.3) is 5.69 Å². The predicted molar refractivity (Wildman–Crippen MR) is 185 cm³/mol. The van der Waals surface area contributed by atoms with E-state index in [9.17, 15) is 14.4 Å². The molecule has 9 nitrogen and oxygen atoms in total. The molecule has 5 aromatic rings. The van der Waals surface area contributed by atoms with E-state index in [0.717, 1.165) is 42.4 Å². The van der Waals surface area contributed by atoms with Crippen molar-refractivity contribution in [2.75, 3.05) is 0 Å². The summed E-state index contributed by atoms with van der Waals surface area (Å²) in [6.45, 7) is 0.430. The first kappa shape index (κ1) is 29.7. The molecule has 9 heteroatoms. The maximum atomic E-state index is 14.8. The molecule has 1 unspecified atom stereocenters. The Hall–Kier alpha value is -5.70. The Morgan fingerprint density at radius 3 is 2.08 bits per heavy atom. The maximum absolute atomic E-state index is 14.8. The number of allylic oxidation sites excluding steroid dienone is 1. The van der Waals surface area contributed by atoms with E-state index in [1.54, 1.807) is 33.6 Å². The van der Waals surface area contributed by atoms with Crippen LogP contribution in [0.5, 0.6) is 0 Å². The summed E-state index contributed by atoms with van der Waals surface area (Å²) in [5.41, 5.74) is 2.04. The van der Waals surface area contributed by atoms with Crippen LogP contribution >= 0.6 is 0 Å². The molecule has 1 N–H and O–H groups in total. The largest absolute Gasteiger partial charge is 0.354 e. The highest BCUT2D eigenvalue weighted by Crippen LogP contribution is 2.45. The topological polar surface area (TPSA) is 93.6 Å². The Labute approximate surface area is 278 Å². The third-order valence-corrected chi connectivity index (χ3v) is 9.80. The summed E-state index contributed by atoms with van der Waals surface area (Å²) in [7, 11) is 0. The number of nitrogens with zero attached hydrogens (tertiary/aromatic N) is 5. The lowest BCUT2D eigenvalue weighted by Gasteiger charge is -2.43. The van der Waals surface area contributed by atoms with E-state index < -0.39 is 17.4 Å². The summed E-state index contributed by atoms with van der Waals surface area (Å²) in [6, 6.07) is 37.6. The van der Waals surface area contributed by atoms with Gasteiger partial charge < -0.3 is 4.90 Å². The lowest BCUT2D eigenvalue weighted by atomic mass is 9.83. The van der Waals surface area contributed by atoms with Crippen molar-refractivity contribution in [2.24, 2.45) is 4.99 Å². The van der Waals surface area contributed by atoms with Crippen molar-refractivity contribution >= 4 is 11.9 Å². The number of para-hydroxylation sites is 1. The van der Waals surface area contributed by atoms with E-state index in [1.165, 1.54) is 4.57 Å². The number of fused-ring (bicyclic) bond motifs is 4. The minimum atomic E-state index is -1.32. The van der Waals surface area contributed by atoms with Crippen LogP contribution in [-0.2, 0) is 18.6 Å². The fourth-order valence-corrected chi connectivity index (χ4v) is 7.58. The van der Waals surface area contributed by atoms with Crippen LogP contribution in [0.15, 0.2) is 148 Å². The molecule has 0 radical (unpaired) electrons. The highest BCUT2D eigenvalue weighted by molar-refractivity contribution is 6.06. The summed E-state index contributed by atoms with van der Waals surface area (Å²) in [4.78, 5) is 50.5. The maximum Gasteiger partial charge on any atom is 0.354 e. The fourth-order valence-electron chi connectivity index (χ4n) is 7.58. The van der Waals surface area contributed by atoms with Gasteiger partial charge in [-0.05, 0) is 72.7 Å². The number of benzene rings is 4. The minimum absolute atomic E-state index is 0.243. The number of amides is 1. The molecule has 0 saturated heterocycles. The second-order valence-corrected chi connectivity index (χ2v) is 12.7. The minimum Gasteiger partial charge on any atom is -0.330 e. The van der Waals surface area contributed by atoms with E-state index in [-0.39, 0.29) is 17.6 Å². The molecule has 3 aliphatic rings. The first-order chi connectivity index (χ1) is 23.5. The molecule has 240 valence electrons. The van der Waals surface area contributed by atoms with Gasteiger partial charge in [0.05, 0.1) is 17.8 Å². The highest BCUT2D eigenvalue weighted by Gasteiger charge is 2.55. The van der Waals surface area contributed by atoms with Gasteiger partial charge in [-0.1, -0.05) is 103 Å². The average molecular weight is 637 g/mol. The van der Waals surface area contributed by atoms with Gasteiger partial charge in [0.15, 0.2) is 5.66 Å². The van der Waals surface area contributed by atoms with Gasteiger partial charge in [-0.3, -0.25) is 10.1 Å². The number of nitrogens with one attached hydrogen (secondary N) is 1. The first-order valence-corrected chi connectivity index (χ1v) is 16.6. The van der Waals surface area contributed by atoms with E-state index in [4.69, 9.17) is 4.99 Å². The molecule has 1 saturated carbocycles. The molecule has 4 aromatic carbocycles. The van der Waals surface area contributed by atoms with Crippen LogP contribution in [0, 0.1) is 0 Å². The van der Waals surface area contributed by atoms with Crippen molar-refractivity contribution in [3.63, 3.8) is 0 Å². The van der Waals surface area contributed by atoms with Gasteiger partial charge in [-0.25, -0.2) is 23.8 Å². The number of aliphatic imine (C=N–C) groups is 1. The number of guanidine groups is 1. The van der Waals surface area contributed by atoms with Gasteiger partial charge >= 0.3 is 11.4 Å². The van der Waals surface area contributed by atoms with Crippen molar-refractivity contribution in [1.82, 2.24) is 24.1 Å². The van der Waals surface area contributed by atoms with Crippen LogP contribution in [0.4, 0.5) is 0 Å². The molecule has 0 bridgehead atoms. The Morgan fingerprint density at radius 1 is 0.771 bits per heavy atom. The third-order valence-electron chi connectivity index (χ3n) is 9.80. The molecule has 3 heterocycles. The standard InChI is InChI=1S/C39H36N6O3/c46-35(30-19-9-3-10-20-30)40-36-41-39(34(25-28-15-5-1-6-16-28)42(36)27-29-17-7-2-8-18-29)26-31-21-13-14-24-33(31)44-37(47)43(38(48)45(39)44)32-22-11-4-12-23-32/h1-12,15-20,22-23,26,33-34H,13-14,21,24-25,27H2,(H,40,41,46)/t33?,34-,39+/m0/s1. The molecule has 1 spiro atoms. The van der Waals surface area contributed by atoms with Crippen molar-refractivity contribution in [1.29, 1.82) is 0 Å². The molecule has 1 aromatic heterocycles. The van der Waals surface area contributed by atoms with Crippen LogP contribution in [0.1, 0.15) is 53.2 Å². The summed E-state index contributed by atoms with van der Waals surface area (Å²) < 4.78 is 4.52. The molecule has 3 atom stereocenters. The van der Waals surface area contributed by atoms with Gasteiger partial charge in [-0.2, -0.15) is 4.68 Å². The van der Waals surface area contributed by atoms with Crippen LogP contribution in [-0.4, -0.2) is 36.7 Å². The van der Waals surface area contributed by atoms with E-state index in [0.29, 0.717) is 30.2 Å². The molecule has 8 rings (SSSR count). The predicted octanol–water partition coefficient (Wildman–Crippen LogP) is 5.42. The quantitative estimate of drug-likeness (QED) is 0.252. The van der Waals surface area contributed by atoms with Gasteiger partial charge in [0.25, 0.3) is 5.91 Å². The summed E-state index contributed by atoms with van der Waals surface area (Å²) in [5.74, 6) is 0.0617. The molecule has 1 fully saturated rings. The first-order valence-electron chi connectivity index (χ1n) is 16.6. The number of rotatable bonds is 6. The second kappa shape index (κ2) is 12.2. The molecule has 2 aliphatic heterocycles. The zero-order valence-corrected chi connectivity index (χ0v) is 26.5. The lowest BCUT2D eigenvalue weighted by molar-refractivity contribution is 0.0968. The number of carbonyl (C=O) groups is 1. The zero-order valence-electron chi connectivity index (χ0n) is 26.5. The Balaban J connectivity index is 1.38. The number of carbonyl (C=O) groups excluding carboxylic acids is 1. The summed E-state index contributed by atoms with van der Waals surface area (Å²) in [6.07, 6.45) is 6.17. The smallest absolute Gasteiger partial charge is 0.330 e. The lowest BCUT2D eigenvalue weighted by Crippen LogP contribution is -2.57. The van der Waals surface area contributed by atoms with E-state index in [1.807, 2.05) is 84.9 Å². The normalized spacial score (nSPS) is 21.3. The number of aromatic nitrogens is 3. The average Bonchev–Trinajstić information content (AvgIpc) is 3.55. The summed E-state index contributed by atoms with van der Waals surface area (Å²) >= 11 is 0. The molecule has 1 aliphatic carbocycles. The highest BCUT2D eigenvalue weighted by atomic mass is 16.2. The fraction of sp³-hybridized carbons (Fsp3) is 0.231. The van der Waals surface area contributed by atoms with Gasteiger partial charge in [0.1, 0.15) is 0 Å². The van der Waals surface area contributed by atoms with Crippen LogP contribution in [0.3, 0.4) is 0 Å². The zero-order chi connectivity index (χ0) is 32.7. The number of hydrogen-bond acceptors (Lipinski definition) is 5. The molecule has 1 amide bonds. The Bertz CT molecular complexity index is 2130. The number of hydrogen-bond donors (Lipinski definition) is 1.